The zero-order valence-electron chi connectivity index (χ0n) is 22.2. The number of alkyl halides is 3. The van der Waals surface area contributed by atoms with Crippen molar-refractivity contribution in [2.75, 3.05) is 11.9 Å². The van der Waals surface area contributed by atoms with Crippen molar-refractivity contribution in [1.82, 2.24) is 15.0 Å². The summed E-state index contributed by atoms with van der Waals surface area (Å²) in [5, 5.41) is 7.22. The topological polar surface area (TPSA) is 31.4 Å². The average molecular weight is 553 g/mol. The van der Waals surface area contributed by atoms with E-state index in [1.807, 2.05) is 11.9 Å². The molecule has 40 heavy (non-hydrogen) atoms. The highest BCUT2D eigenvalue weighted by Crippen LogP contribution is 2.47. The molecule has 9 heteroatoms. The highest BCUT2D eigenvalue weighted by atomic mass is 19.4. The predicted molar refractivity (Wildman–Crippen MR) is 146 cm³/mol. The van der Waals surface area contributed by atoms with E-state index in [4.69, 9.17) is 0 Å². The monoisotopic (exact) mass is 552 g/mol. The summed E-state index contributed by atoms with van der Waals surface area (Å²) in [7, 11) is 0. The number of halogens is 5. The molecule has 4 nitrogen and oxygen atoms in total. The molecule has 1 aromatic heterocycles. The molecule has 0 aliphatic carbocycles. The largest absolute Gasteiger partial charge is 0.416 e. The SMILES string of the molecule is C=C(Nc1ccc(C(F)(F)F)cc1-c1cccnc1)C1=C(C)C2(C)CCCN2N(Cc2cccc(F)c2F)C1=C. The Labute approximate surface area is 230 Å². The van der Waals surface area contributed by atoms with Crippen molar-refractivity contribution in [1.29, 1.82) is 0 Å². The van der Waals surface area contributed by atoms with E-state index in [1.165, 1.54) is 18.3 Å². The Morgan fingerprint density at radius 2 is 1.90 bits per heavy atom. The maximum absolute atomic E-state index is 14.7. The number of rotatable bonds is 6. The molecule has 5 rings (SSSR count). The van der Waals surface area contributed by atoms with E-state index < -0.39 is 28.9 Å². The molecule has 0 radical (unpaired) electrons. The van der Waals surface area contributed by atoms with Gasteiger partial charge in [0.25, 0.3) is 0 Å². The molecule has 208 valence electrons. The lowest BCUT2D eigenvalue weighted by atomic mass is 9.83. The standard InChI is InChI=1S/C31H29F5N4/c1-19-28(20(2)38-27-12-11-24(31(34,35)36)16-25(27)22-9-6-14-37-17-22)21(3)39(40-15-7-13-30(19,40)4)18-23-8-5-10-26(32)29(23)33/h5-6,8-12,14,16-17,38H,2-3,7,13,15,18H2,1,4H3. The normalized spacial score (nSPS) is 19.7. The summed E-state index contributed by atoms with van der Waals surface area (Å²) in [5.74, 6) is -1.83. The second-order valence-corrected chi connectivity index (χ2v) is 10.3. The Hall–Kier alpha value is -3.98. The van der Waals surface area contributed by atoms with Crippen LogP contribution in [0, 0.1) is 11.6 Å². The van der Waals surface area contributed by atoms with E-state index in [1.54, 1.807) is 24.4 Å². The van der Waals surface area contributed by atoms with Gasteiger partial charge in [-0.3, -0.25) is 4.98 Å². The van der Waals surface area contributed by atoms with Gasteiger partial charge in [0.15, 0.2) is 11.6 Å². The first-order valence-corrected chi connectivity index (χ1v) is 12.9. The third-order valence-electron chi connectivity index (χ3n) is 7.94. The number of nitrogens with one attached hydrogen (secondary N) is 1. The zero-order valence-corrected chi connectivity index (χ0v) is 22.2. The van der Waals surface area contributed by atoms with E-state index in [-0.39, 0.29) is 12.1 Å². The third kappa shape index (κ3) is 4.79. The predicted octanol–water partition coefficient (Wildman–Crippen LogP) is 8.09. The van der Waals surface area contributed by atoms with E-state index in [9.17, 15) is 22.0 Å². The molecule has 1 N–H and O–H groups in total. The number of benzene rings is 2. The first-order valence-electron chi connectivity index (χ1n) is 12.9. The van der Waals surface area contributed by atoms with Gasteiger partial charge in [-0.15, -0.1) is 0 Å². The van der Waals surface area contributed by atoms with Gasteiger partial charge in [-0.05, 0) is 62.6 Å². The number of nitrogens with zero attached hydrogens (tertiary/aromatic N) is 3. The molecule has 1 saturated heterocycles. The van der Waals surface area contributed by atoms with Gasteiger partial charge in [-0.25, -0.2) is 13.8 Å². The Morgan fingerprint density at radius 3 is 2.60 bits per heavy atom. The highest BCUT2D eigenvalue weighted by molar-refractivity contribution is 5.80. The molecule has 0 saturated carbocycles. The van der Waals surface area contributed by atoms with Gasteiger partial charge in [-0.1, -0.05) is 31.4 Å². The minimum Gasteiger partial charge on any atom is -0.355 e. The minimum absolute atomic E-state index is 0.0588. The maximum atomic E-state index is 14.7. The summed E-state index contributed by atoms with van der Waals surface area (Å²) in [6.45, 7) is 13.4. The van der Waals surface area contributed by atoms with Crippen LogP contribution >= 0.6 is 0 Å². The molecule has 0 spiro atoms. The van der Waals surface area contributed by atoms with Crippen LogP contribution in [0.2, 0.25) is 0 Å². The molecular weight excluding hydrogens is 523 g/mol. The van der Waals surface area contributed by atoms with Crippen LogP contribution in [0.15, 0.2) is 96.6 Å². The van der Waals surface area contributed by atoms with E-state index in [2.05, 4.69) is 35.4 Å². The van der Waals surface area contributed by atoms with Crippen LogP contribution in [0.25, 0.3) is 11.1 Å². The maximum Gasteiger partial charge on any atom is 0.416 e. The second-order valence-electron chi connectivity index (χ2n) is 10.3. The van der Waals surface area contributed by atoms with Crippen molar-refractivity contribution in [2.45, 2.75) is 44.9 Å². The Balaban J connectivity index is 1.54. The van der Waals surface area contributed by atoms with Crippen LogP contribution in [0.1, 0.15) is 37.8 Å². The van der Waals surface area contributed by atoms with Crippen molar-refractivity contribution in [2.24, 2.45) is 0 Å². The van der Waals surface area contributed by atoms with Gasteiger partial charge in [-0.2, -0.15) is 13.2 Å². The molecule has 3 heterocycles. The molecule has 0 amide bonds. The van der Waals surface area contributed by atoms with Gasteiger partial charge >= 0.3 is 6.18 Å². The third-order valence-corrected chi connectivity index (χ3v) is 7.94. The van der Waals surface area contributed by atoms with Crippen LogP contribution in [-0.2, 0) is 12.7 Å². The Kier molecular flexibility index (Phi) is 7.04. The number of aromatic nitrogens is 1. The van der Waals surface area contributed by atoms with Crippen molar-refractivity contribution in [3.63, 3.8) is 0 Å². The fourth-order valence-electron chi connectivity index (χ4n) is 5.71. The molecule has 3 aromatic rings. The fourth-order valence-corrected chi connectivity index (χ4v) is 5.71. The zero-order chi connectivity index (χ0) is 28.8. The van der Waals surface area contributed by atoms with Crippen LogP contribution in [0.3, 0.4) is 0 Å². The first kappa shape index (κ1) is 27.6. The average Bonchev–Trinajstić information content (AvgIpc) is 3.32. The van der Waals surface area contributed by atoms with Crippen LogP contribution in [0.4, 0.5) is 27.6 Å². The van der Waals surface area contributed by atoms with Crippen molar-refractivity contribution >= 4 is 5.69 Å². The summed E-state index contributed by atoms with van der Waals surface area (Å²) in [4.78, 5) is 4.07. The Morgan fingerprint density at radius 1 is 1.12 bits per heavy atom. The summed E-state index contributed by atoms with van der Waals surface area (Å²) in [6.07, 6.45) is 0.247. The number of pyridine rings is 1. The van der Waals surface area contributed by atoms with Crippen LogP contribution in [-0.4, -0.2) is 27.1 Å². The smallest absolute Gasteiger partial charge is 0.355 e. The Bertz CT molecular complexity index is 1510. The summed E-state index contributed by atoms with van der Waals surface area (Å²) < 4.78 is 69.5. The van der Waals surface area contributed by atoms with Crippen LogP contribution < -0.4 is 5.32 Å². The van der Waals surface area contributed by atoms with Crippen molar-refractivity contribution < 1.29 is 22.0 Å². The molecule has 1 fully saturated rings. The molecule has 2 aromatic carbocycles. The van der Waals surface area contributed by atoms with Gasteiger partial charge in [0.05, 0.1) is 23.3 Å². The quantitative estimate of drug-likeness (QED) is 0.313. The van der Waals surface area contributed by atoms with Crippen LogP contribution in [0.5, 0.6) is 0 Å². The summed E-state index contributed by atoms with van der Waals surface area (Å²) >= 11 is 0. The van der Waals surface area contributed by atoms with E-state index >= 15 is 0 Å². The molecule has 1 unspecified atom stereocenters. The fraction of sp³-hybridized carbons (Fsp3) is 0.258. The summed E-state index contributed by atoms with van der Waals surface area (Å²) in [5.41, 5.74) is 2.86. The van der Waals surface area contributed by atoms with Gasteiger partial charge in [0.1, 0.15) is 0 Å². The number of anilines is 1. The molecule has 2 aliphatic heterocycles. The van der Waals surface area contributed by atoms with E-state index in [0.29, 0.717) is 40.3 Å². The second kappa shape index (κ2) is 10.2. The van der Waals surface area contributed by atoms with Gasteiger partial charge in [0.2, 0.25) is 0 Å². The lowest BCUT2D eigenvalue weighted by Crippen LogP contribution is -2.55. The number of hydrogen-bond acceptors (Lipinski definition) is 4. The van der Waals surface area contributed by atoms with Crippen molar-refractivity contribution in [3.8, 4) is 11.1 Å². The number of hydrazine groups is 1. The van der Waals surface area contributed by atoms with E-state index in [0.717, 1.165) is 36.6 Å². The first-order chi connectivity index (χ1) is 18.9. The van der Waals surface area contributed by atoms with Gasteiger partial charge in [0, 0.05) is 52.6 Å². The molecular formula is C31H29F5N4. The van der Waals surface area contributed by atoms with Gasteiger partial charge < -0.3 is 10.3 Å². The minimum atomic E-state index is -4.52. The lowest BCUT2D eigenvalue weighted by Gasteiger charge is -2.51. The number of hydrogen-bond donors (Lipinski definition) is 1. The highest BCUT2D eigenvalue weighted by Gasteiger charge is 2.47. The lowest BCUT2D eigenvalue weighted by molar-refractivity contribution is -0.137. The molecule has 1 atom stereocenters. The van der Waals surface area contributed by atoms with Crippen molar-refractivity contribution in [3.05, 3.63) is 119 Å². The number of fused-ring (bicyclic) bond motifs is 1. The molecule has 2 aliphatic rings. The summed E-state index contributed by atoms with van der Waals surface area (Å²) in [6, 6.07) is 10.9. The molecule has 0 bridgehead atoms.